The van der Waals surface area contributed by atoms with Gasteiger partial charge < -0.3 is 5.11 Å². The van der Waals surface area contributed by atoms with Crippen molar-refractivity contribution in [1.29, 1.82) is 0 Å². The number of allylic oxidation sites excluding steroid dienone is 2. The molecule has 7 heavy (non-hydrogen) atoms. The zero-order valence-electron chi connectivity index (χ0n) is 4.43. The van der Waals surface area contributed by atoms with Crippen molar-refractivity contribution in [3.63, 3.8) is 0 Å². The van der Waals surface area contributed by atoms with Crippen LogP contribution in [0.25, 0.3) is 0 Å². The van der Waals surface area contributed by atoms with E-state index in [1.165, 1.54) is 13.0 Å². The quantitative estimate of drug-likeness (QED) is 0.395. The Morgan fingerprint density at radius 1 is 1.71 bits per heavy atom. The summed E-state index contributed by atoms with van der Waals surface area (Å²) >= 11 is 0. The molecule has 0 amide bonds. The van der Waals surface area contributed by atoms with E-state index in [0.29, 0.717) is 0 Å². The van der Waals surface area contributed by atoms with Gasteiger partial charge in [-0.3, -0.25) is 4.79 Å². The third-order valence-electron chi connectivity index (χ3n) is 0.634. The van der Waals surface area contributed by atoms with Crippen molar-refractivity contribution in [2.45, 2.75) is 13.8 Å². The molecule has 0 aliphatic carbocycles. The van der Waals surface area contributed by atoms with E-state index in [1.807, 2.05) is 0 Å². The fourth-order valence-corrected chi connectivity index (χ4v) is 0.203. The van der Waals surface area contributed by atoms with Crippen molar-refractivity contribution >= 4 is 5.78 Å². The van der Waals surface area contributed by atoms with E-state index in [1.54, 1.807) is 6.92 Å². The van der Waals surface area contributed by atoms with Gasteiger partial charge in [0.1, 0.15) is 0 Å². The van der Waals surface area contributed by atoms with E-state index in [0.717, 1.165) is 0 Å². The summed E-state index contributed by atoms with van der Waals surface area (Å²) < 4.78 is 0. The molecule has 0 aliphatic rings. The van der Waals surface area contributed by atoms with E-state index in [2.05, 4.69) is 0 Å². The highest BCUT2D eigenvalue weighted by molar-refractivity contribution is 5.90. The zero-order chi connectivity index (χ0) is 5.86. The predicted molar refractivity (Wildman–Crippen MR) is 27.1 cm³/mol. The minimum absolute atomic E-state index is 0.167. The molecule has 1 N–H and O–H groups in total. The van der Waals surface area contributed by atoms with Crippen molar-refractivity contribution in [1.82, 2.24) is 0 Å². The first kappa shape index (κ1) is 6.21. The first-order valence-corrected chi connectivity index (χ1v) is 2.04. The molecule has 0 heterocycles. The van der Waals surface area contributed by atoms with E-state index in [9.17, 15) is 4.79 Å². The average Bonchev–Trinajstić information content (AvgIpc) is 1.65. The Balaban J connectivity index is 3.82. The van der Waals surface area contributed by atoms with Gasteiger partial charge in [-0.1, -0.05) is 0 Å². The summed E-state index contributed by atoms with van der Waals surface area (Å²) in [7, 11) is 0. The molecule has 0 radical (unpaired) electrons. The summed E-state index contributed by atoms with van der Waals surface area (Å²) in [5, 5.41) is 8.45. The largest absolute Gasteiger partial charge is 0.505 e. The Bertz CT molecular complexity index is 103. The predicted octanol–water partition coefficient (Wildman–Crippen LogP) is 1.04. The van der Waals surface area contributed by atoms with E-state index < -0.39 is 0 Å². The SMILES string of the molecule is CC=C(O)C(C)=O. The molecular formula is C5H8O2. The van der Waals surface area contributed by atoms with Crippen molar-refractivity contribution in [3.8, 4) is 0 Å². The summed E-state index contributed by atoms with van der Waals surface area (Å²) in [5.74, 6) is -0.456. The summed E-state index contributed by atoms with van der Waals surface area (Å²) in [5.41, 5.74) is 0. The Morgan fingerprint density at radius 3 is 2.14 bits per heavy atom. The summed E-state index contributed by atoms with van der Waals surface area (Å²) in [6, 6.07) is 0. The van der Waals surface area contributed by atoms with Gasteiger partial charge >= 0.3 is 0 Å². The van der Waals surface area contributed by atoms with Gasteiger partial charge in [0.15, 0.2) is 11.5 Å². The second kappa shape index (κ2) is 2.39. The molecule has 0 saturated heterocycles. The molecule has 2 nitrogen and oxygen atoms in total. The van der Waals surface area contributed by atoms with Crippen molar-refractivity contribution in [2.75, 3.05) is 0 Å². The standard InChI is InChI=1S/C5H8O2/c1-3-5(7)4(2)6/h3,7H,1-2H3. The molecule has 0 aromatic rings. The first-order valence-electron chi connectivity index (χ1n) is 2.04. The molecular weight excluding hydrogens is 92.1 g/mol. The molecule has 0 spiro atoms. The smallest absolute Gasteiger partial charge is 0.193 e. The number of hydrogen-bond acceptors (Lipinski definition) is 2. The number of aliphatic hydroxyl groups is 1. The van der Waals surface area contributed by atoms with Crippen LogP contribution >= 0.6 is 0 Å². The topological polar surface area (TPSA) is 37.3 Å². The minimum atomic E-state index is -0.289. The lowest BCUT2D eigenvalue weighted by Crippen LogP contribution is -1.92. The fourth-order valence-electron chi connectivity index (χ4n) is 0.203. The second-order valence-electron chi connectivity index (χ2n) is 1.23. The van der Waals surface area contributed by atoms with Crippen LogP contribution in [-0.4, -0.2) is 10.9 Å². The Morgan fingerprint density at radius 2 is 2.14 bits per heavy atom. The highest BCUT2D eigenvalue weighted by atomic mass is 16.3. The van der Waals surface area contributed by atoms with Gasteiger partial charge in [-0.15, -0.1) is 0 Å². The molecule has 0 aromatic heterocycles. The van der Waals surface area contributed by atoms with Gasteiger partial charge in [0, 0.05) is 6.92 Å². The lowest BCUT2D eigenvalue weighted by molar-refractivity contribution is -0.115. The van der Waals surface area contributed by atoms with Crippen LogP contribution in [0.15, 0.2) is 11.8 Å². The van der Waals surface area contributed by atoms with E-state index in [-0.39, 0.29) is 11.5 Å². The molecule has 0 aromatic carbocycles. The molecule has 0 unspecified atom stereocenters. The highest BCUT2D eigenvalue weighted by Crippen LogP contribution is 1.85. The number of rotatable bonds is 1. The number of Topliss-reactive ketones (excluding diaryl/α,β-unsaturated/α-hetero) is 1. The summed E-state index contributed by atoms with van der Waals surface area (Å²) in [4.78, 5) is 10.1. The molecule has 40 valence electrons. The Hall–Kier alpha value is -0.790. The molecule has 0 fully saturated rings. The number of ketones is 1. The minimum Gasteiger partial charge on any atom is -0.505 e. The molecule has 0 saturated carbocycles. The van der Waals surface area contributed by atoms with Gasteiger partial charge in [-0.25, -0.2) is 0 Å². The molecule has 0 atom stereocenters. The second-order valence-corrected chi connectivity index (χ2v) is 1.23. The monoisotopic (exact) mass is 100 g/mol. The Labute approximate surface area is 42.5 Å². The van der Waals surface area contributed by atoms with Gasteiger partial charge in [0.25, 0.3) is 0 Å². The van der Waals surface area contributed by atoms with Crippen LogP contribution in [0.4, 0.5) is 0 Å². The lowest BCUT2D eigenvalue weighted by Gasteiger charge is -1.84. The Kier molecular flexibility index (Phi) is 2.12. The van der Waals surface area contributed by atoms with Crippen molar-refractivity contribution in [3.05, 3.63) is 11.8 Å². The normalized spacial score (nSPS) is 11.4. The van der Waals surface area contributed by atoms with Crippen LogP contribution in [0.3, 0.4) is 0 Å². The molecule has 0 rings (SSSR count). The number of hydrogen-bond donors (Lipinski definition) is 1. The van der Waals surface area contributed by atoms with Crippen LogP contribution in [0.2, 0.25) is 0 Å². The third kappa shape index (κ3) is 1.98. The number of aliphatic hydroxyl groups excluding tert-OH is 1. The molecule has 2 heteroatoms. The summed E-state index contributed by atoms with van der Waals surface area (Å²) in [6.45, 7) is 2.92. The number of carbonyl (C=O) groups is 1. The van der Waals surface area contributed by atoms with Crippen molar-refractivity contribution < 1.29 is 9.90 Å². The van der Waals surface area contributed by atoms with Crippen LogP contribution in [0.5, 0.6) is 0 Å². The molecule has 0 bridgehead atoms. The average molecular weight is 100 g/mol. The molecule has 0 aliphatic heterocycles. The zero-order valence-corrected chi connectivity index (χ0v) is 4.43. The van der Waals surface area contributed by atoms with E-state index >= 15 is 0 Å². The highest BCUT2D eigenvalue weighted by Gasteiger charge is 1.93. The van der Waals surface area contributed by atoms with E-state index in [4.69, 9.17) is 5.11 Å². The first-order chi connectivity index (χ1) is 3.18. The van der Waals surface area contributed by atoms with Crippen molar-refractivity contribution in [2.24, 2.45) is 0 Å². The van der Waals surface area contributed by atoms with Crippen LogP contribution in [0.1, 0.15) is 13.8 Å². The van der Waals surface area contributed by atoms with Gasteiger partial charge in [0.2, 0.25) is 0 Å². The van der Waals surface area contributed by atoms with Gasteiger partial charge in [-0.05, 0) is 13.0 Å². The number of carbonyl (C=O) groups excluding carboxylic acids is 1. The fraction of sp³-hybridized carbons (Fsp3) is 0.400. The van der Waals surface area contributed by atoms with Crippen LogP contribution in [-0.2, 0) is 4.79 Å². The maximum absolute atomic E-state index is 10.1. The summed E-state index contributed by atoms with van der Waals surface area (Å²) in [6.07, 6.45) is 1.36. The van der Waals surface area contributed by atoms with Crippen LogP contribution < -0.4 is 0 Å². The maximum atomic E-state index is 10.1. The maximum Gasteiger partial charge on any atom is 0.193 e. The van der Waals surface area contributed by atoms with Crippen LogP contribution in [0, 0.1) is 0 Å². The van der Waals surface area contributed by atoms with Gasteiger partial charge in [0.05, 0.1) is 0 Å². The lowest BCUT2D eigenvalue weighted by atomic mass is 10.3. The van der Waals surface area contributed by atoms with Gasteiger partial charge in [-0.2, -0.15) is 0 Å². The third-order valence-corrected chi connectivity index (χ3v) is 0.634.